The average Bonchev–Trinajstić information content (AvgIpc) is 2.74. The Hall–Kier alpha value is -2.61. The second kappa shape index (κ2) is 9.21. The number of likely N-dealkylation sites (N-methyl/N-ethyl adjacent to an activating group) is 1. The van der Waals surface area contributed by atoms with E-state index >= 15 is 0 Å². The Morgan fingerprint density at radius 1 is 1.09 bits per heavy atom. The molecule has 1 aromatic heterocycles. The number of para-hydroxylation sites is 1. The number of hydrogen-bond donors (Lipinski definition) is 2. The maximum atomic E-state index is 13.8. The summed E-state index contributed by atoms with van der Waals surface area (Å²) in [4.78, 5) is 10.4. The number of fused-ring (bicyclic) bond motifs is 1. The SMILES string of the molecule is CN1CCc2cc(C(F)(F)F)c(Nc3ncc(Cl)c(Nc4ccccc4P(C)(C)=O)n3)cc2C1. The molecule has 0 saturated carbocycles. The summed E-state index contributed by atoms with van der Waals surface area (Å²) in [5.74, 6) is 0.140. The fraction of sp³-hybridized carbons (Fsp3) is 0.304. The molecule has 0 aliphatic carbocycles. The van der Waals surface area contributed by atoms with Gasteiger partial charge in [0.2, 0.25) is 5.95 Å². The minimum Gasteiger partial charge on any atom is -0.338 e. The van der Waals surface area contributed by atoms with E-state index in [1.807, 2.05) is 7.05 Å². The van der Waals surface area contributed by atoms with E-state index in [1.165, 1.54) is 18.3 Å². The fourth-order valence-corrected chi connectivity index (χ4v) is 5.19. The van der Waals surface area contributed by atoms with Gasteiger partial charge in [-0.15, -0.1) is 0 Å². The Labute approximate surface area is 200 Å². The smallest absolute Gasteiger partial charge is 0.338 e. The van der Waals surface area contributed by atoms with Gasteiger partial charge < -0.3 is 20.1 Å². The Balaban J connectivity index is 1.70. The largest absolute Gasteiger partial charge is 0.418 e. The molecule has 0 atom stereocenters. The minimum atomic E-state index is -4.55. The summed E-state index contributed by atoms with van der Waals surface area (Å²) in [6, 6.07) is 9.75. The first kappa shape index (κ1) is 24.5. The number of benzene rings is 2. The highest BCUT2D eigenvalue weighted by molar-refractivity contribution is 7.70. The standard InChI is InChI=1S/C23H24ClF3N5OP/c1-32-9-8-14-10-16(23(25,26)27)19(11-15(14)13-32)30-22-28-12-17(24)21(31-22)29-18-6-4-5-7-20(18)34(2,3)33/h4-7,10-12H,8-9,13H2,1-3H3,(H2,28,29,30,31). The van der Waals surface area contributed by atoms with Crippen LogP contribution in [0.1, 0.15) is 16.7 Å². The van der Waals surface area contributed by atoms with Crippen LogP contribution < -0.4 is 15.9 Å². The number of halogens is 4. The predicted octanol–water partition coefficient (Wildman–Crippen LogP) is 5.87. The maximum Gasteiger partial charge on any atom is 0.418 e. The highest BCUT2D eigenvalue weighted by Crippen LogP contribution is 2.40. The maximum absolute atomic E-state index is 13.8. The number of nitrogens with zero attached hydrogens (tertiary/aromatic N) is 3. The summed E-state index contributed by atoms with van der Waals surface area (Å²) in [6.07, 6.45) is -2.69. The molecule has 2 N–H and O–H groups in total. The summed E-state index contributed by atoms with van der Waals surface area (Å²) >= 11 is 6.26. The second-order valence-corrected chi connectivity index (χ2v) is 12.3. The zero-order chi connectivity index (χ0) is 24.7. The lowest BCUT2D eigenvalue weighted by Gasteiger charge is -2.27. The lowest BCUT2D eigenvalue weighted by molar-refractivity contribution is -0.137. The zero-order valence-corrected chi connectivity index (χ0v) is 20.5. The van der Waals surface area contributed by atoms with E-state index in [4.69, 9.17) is 11.6 Å². The van der Waals surface area contributed by atoms with Crippen molar-refractivity contribution in [1.82, 2.24) is 14.9 Å². The molecule has 2 aromatic carbocycles. The van der Waals surface area contributed by atoms with Crippen molar-refractivity contribution in [1.29, 1.82) is 0 Å². The van der Waals surface area contributed by atoms with Gasteiger partial charge in [-0.05, 0) is 62.2 Å². The number of nitrogens with one attached hydrogen (secondary N) is 2. The molecular weight excluding hydrogens is 486 g/mol. The number of anilines is 4. The van der Waals surface area contributed by atoms with Crippen LogP contribution in [0.4, 0.5) is 36.3 Å². The molecule has 4 rings (SSSR count). The molecule has 1 aliphatic heterocycles. The van der Waals surface area contributed by atoms with Gasteiger partial charge in [0.05, 0.1) is 23.1 Å². The normalized spacial score (nSPS) is 14.6. The van der Waals surface area contributed by atoms with E-state index in [-0.39, 0.29) is 22.5 Å². The van der Waals surface area contributed by atoms with Gasteiger partial charge in [0.1, 0.15) is 12.2 Å². The number of hydrogen-bond acceptors (Lipinski definition) is 6. The Morgan fingerprint density at radius 3 is 2.53 bits per heavy atom. The monoisotopic (exact) mass is 509 g/mol. The van der Waals surface area contributed by atoms with Crippen LogP contribution in [0.25, 0.3) is 0 Å². The van der Waals surface area contributed by atoms with E-state index in [0.717, 1.165) is 5.56 Å². The molecule has 0 fully saturated rings. The first-order valence-electron chi connectivity index (χ1n) is 10.5. The van der Waals surface area contributed by atoms with Crippen molar-refractivity contribution in [3.8, 4) is 0 Å². The van der Waals surface area contributed by atoms with Gasteiger partial charge in [-0.1, -0.05) is 23.7 Å². The number of rotatable bonds is 5. The summed E-state index contributed by atoms with van der Waals surface area (Å²) in [7, 11) is -0.682. The topological polar surface area (TPSA) is 70.2 Å². The number of aromatic nitrogens is 2. The van der Waals surface area contributed by atoms with Gasteiger partial charge in [-0.25, -0.2) is 4.98 Å². The minimum absolute atomic E-state index is 0.0461. The van der Waals surface area contributed by atoms with Crippen LogP contribution in [0, 0.1) is 0 Å². The van der Waals surface area contributed by atoms with Crippen molar-refractivity contribution >= 4 is 47.2 Å². The molecule has 0 saturated heterocycles. The zero-order valence-electron chi connectivity index (χ0n) is 18.9. The Bertz CT molecular complexity index is 1280. The van der Waals surface area contributed by atoms with Gasteiger partial charge in [0.15, 0.2) is 5.82 Å². The Morgan fingerprint density at radius 2 is 1.82 bits per heavy atom. The summed E-state index contributed by atoms with van der Waals surface area (Å²) in [5, 5.41) is 6.56. The van der Waals surface area contributed by atoms with Crippen molar-refractivity contribution in [3.05, 3.63) is 64.3 Å². The predicted molar refractivity (Wildman–Crippen MR) is 131 cm³/mol. The highest BCUT2D eigenvalue weighted by atomic mass is 35.5. The molecule has 1 aliphatic rings. The first-order valence-corrected chi connectivity index (χ1v) is 13.5. The van der Waals surface area contributed by atoms with Gasteiger partial charge in [0, 0.05) is 18.4 Å². The lowest BCUT2D eigenvalue weighted by Crippen LogP contribution is -2.27. The van der Waals surface area contributed by atoms with E-state index in [1.54, 1.807) is 37.6 Å². The van der Waals surface area contributed by atoms with Crippen LogP contribution in [0.2, 0.25) is 5.02 Å². The van der Waals surface area contributed by atoms with Crippen LogP contribution in [-0.4, -0.2) is 41.8 Å². The van der Waals surface area contributed by atoms with Crippen molar-refractivity contribution in [3.63, 3.8) is 0 Å². The molecule has 0 radical (unpaired) electrons. The number of alkyl halides is 3. The van der Waals surface area contributed by atoms with E-state index in [0.29, 0.717) is 36.1 Å². The first-order chi connectivity index (χ1) is 15.9. The third kappa shape index (κ3) is 5.37. The Kier molecular flexibility index (Phi) is 6.64. The van der Waals surface area contributed by atoms with E-state index in [2.05, 4.69) is 25.5 Å². The fourth-order valence-electron chi connectivity index (χ4n) is 3.90. The second-order valence-electron chi connectivity index (χ2n) is 8.66. The van der Waals surface area contributed by atoms with E-state index < -0.39 is 18.9 Å². The molecule has 180 valence electrons. The van der Waals surface area contributed by atoms with Gasteiger partial charge in [-0.3, -0.25) is 0 Å². The average molecular weight is 510 g/mol. The van der Waals surface area contributed by atoms with Gasteiger partial charge in [-0.2, -0.15) is 18.2 Å². The third-order valence-corrected chi connectivity index (χ3v) is 7.40. The van der Waals surface area contributed by atoms with Crippen molar-refractivity contribution < 1.29 is 17.7 Å². The summed E-state index contributed by atoms with van der Waals surface area (Å²) < 4.78 is 54.2. The molecule has 0 bridgehead atoms. The molecule has 3 aromatic rings. The molecule has 0 unspecified atom stereocenters. The summed E-state index contributed by atoms with van der Waals surface area (Å²) in [6.45, 7) is 4.56. The van der Waals surface area contributed by atoms with Gasteiger partial charge in [0.25, 0.3) is 0 Å². The molecule has 2 heterocycles. The van der Waals surface area contributed by atoms with E-state index in [9.17, 15) is 17.7 Å². The van der Waals surface area contributed by atoms with Crippen molar-refractivity contribution in [2.75, 3.05) is 37.6 Å². The highest BCUT2D eigenvalue weighted by Gasteiger charge is 2.35. The van der Waals surface area contributed by atoms with Crippen molar-refractivity contribution in [2.45, 2.75) is 19.1 Å². The molecule has 0 amide bonds. The van der Waals surface area contributed by atoms with Crippen LogP contribution >= 0.6 is 18.7 Å². The molecular formula is C23H24ClF3N5OP. The quantitative estimate of drug-likeness (QED) is 0.419. The van der Waals surface area contributed by atoms with Crippen molar-refractivity contribution in [2.24, 2.45) is 0 Å². The molecule has 6 nitrogen and oxygen atoms in total. The summed E-state index contributed by atoms with van der Waals surface area (Å²) in [5.41, 5.74) is 1.17. The van der Waals surface area contributed by atoms with Crippen LogP contribution in [-0.2, 0) is 23.7 Å². The van der Waals surface area contributed by atoms with Crippen LogP contribution in [0.15, 0.2) is 42.6 Å². The molecule has 0 spiro atoms. The van der Waals surface area contributed by atoms with Crippen LogP contribution in [0.5, 0.6) is 0 Å². The third-order valence-electron chi connectivity index (χ3n) is 5.58. The molecule has 11 heteroatoms. The van der Waals surface area contributed by atoms with Crippen LogP contribution in [0.3, 0.4) is 0 Å². The van der Waals surface area contributed by atoms with Gasteiger partial charge >= 0.3 is 6.18 Å². The molecule has 34 heavy (non-hydrogen) atoms. The lowest BCUT2D eigenvalue weighted by atomic mass is 9.96.